The van der Waals surface area contributed by atoms with Gasteiger partial charge in [0.1, 0.15) is 6.61 Å². The van der Waals surface area contributed by atoms with E-state index in [4.69, 9.17) is 0 Å². The van der Waals surface area contributed by atoms with Crippen LogP contribution in [0.1, 0.15) is 6.92 Å². The summed E-state index contributed by atoms with van der Waals surface area (Å²) in [6, 6.07) is 0. The van der Waals surface area contributed by atoms with Gasteiger partial charge in [-0.2, -0.15) is 0 Å². The number of hydrogen-bond donors (Lipinski definition) is 1. The molecule has 0 aromatic carbocycles. The van der Waals surface area contributed by atoms with E-state index in [-0.39, 0.29) is 13.2 Å². The largest absolute Gasteiger partial charge is 0.528 e. The molecule has 1 amide bonds. The van der Waals surface area contributed by atoms with Gasteiger partial charge in [0.15, 0.2) is 0 Å². The quantitative estimate of drug-likeness (QED) is 0.286. The van der Waals surface area contributed by atoms with Crippen molar-refractivity contribution in [1.82, 2.24) is 5.32 Å². The van der Waals surface area contributed by atoms with E-state index in [1.807, 2.05) is 0 Å². The van der Waals surface area contributed by atoms with Gasteiger partial charge in [-0.1, -0.05) is 6.58 Å². The molecule has 5 nitrogen and oxygen atoms in total. The van der Waals surface area contributed by atoms with Crippen molar-refractivity contribution in [2.75, 3.05) is 13.2 Å². The Bertz CT molecular complexity index is 217. The Balaban J connectivity index is 3.41. The second kappa shape index (κ2) is 6.10. The molecule has 0 fully saturated rings. The van der Waals surface area contributed by atoms with Gasteiger partial charge >= 0.3 is 20.1 Å². The fourth-order valence-corrected chi connectivity index (χ4v) is 0.462. The minimum absolute atomic E-state index is 0.0563. The first kappa shape index (κ1) is 11.5. The molecule has 0 atom stereocenters. The molecule has 0 aliphatic rings. The molecule has 0 aromatic heterocycles. The van der Waals surface area contributed by atoms with Crippen LogP contribution in [-0.4, -0.2) is 33.3 Å². The summed E-state index contributed by atoms with van der Waals surface area (Å²) in [7, 11) is 4.53. The Labute approximate surface area is 77.5 Å². The zero-order valence-electron chi connectivity index (χ0n) is 7.33. The summed E-state index contributed by atoms with van der Waals surface area (Å²) in [5, 5.41) is 2.23. The van der Waals surface area contributed by atoms with Crippen molar-refractivity contribution in [3.63, 3.8) is 0 Å². The number of rotatable bonds is 4. The highest BCUT2D eigenvalue weighted by Crippen LogP contribution is 1.90. The summed E-state index contributed by atoms with van der Waals surface area (Å²) < 4.78 is 8.45. The maximum absolute atomic E-state index is 10.8. The van der Waals surface area contributed by atoms with Crippen LogP contribution in [0.4, 0.5) is 4.79 Å². The van der Waals surface area contributed by atoms with Crippen LogP contribution in [0.2, 0.25) is 0 Å². The fraction of sp³-hybridized carbons (Fsp3) is 0.429. The van der Waals surface area contributed by atoms with Crippen LogP contribution in [0.15, 0.2) is 12.2 Å². The molecule has 0 rings (SSSR count). The number of esters is 1. The second-order valence-corrected chi connectivity index (χ2v) is 2.25. The monoisotopic (exact) mass is 183 g/mol. The van der Waals surface area contributed by atoms with Crippen molar-refractivity contribution in [2.45, 2.75) is 6.92 Å². The lowest BCUT2D eigenvalue weighted by Crippen LogP contribution is -2.28. The van der Waals surface area contributed by atoms with E-state index < -0.39 is 12.1 Å². The molecule has 13 heavy (non-hydrogen) atoms. The normalized spacial score (nSPS) is 8.69. The number of carbonyl (C=O) groups is 2. The summed E-state index contributed by atoms with van der Waals surface area (Å²) in [6.45, 7) is 5.11. The smallest absolute Gasteiger partial charge is 0.388 e. The SMILES string of the molecule is [B]OC(=O)NCCOC(=O)C(=C)C. The highest BCUT2D eigenvalue weighted by atomic mass is 16.5. The molecule has 0 spiro atoms. The zero-order valence-corrected chi connectivity index (χ0v) is 7.33. The van der Waals surface area contributed by atoms with Crippen LogP contribution in [0.25, 0.3) is 0 Å². The first-order chi connectivity index (χ1) is 6.07. The lowest BCUT2D eigenvalue weighted by molar-refractivity contribution is -0.138. The lowest BCUT2D eigenvalue weighted by Gasteiger charge is -2.05. The van der Waals surface area contributed by atoms with E-state index in [0.29, 0.717) is 5.57 Å². The molecule has 0 heterocycles. The second-order valence-electron chi connectivity index (χ2n) is 2.25. The Hall–Kier alpha value is -1.46. The van der Waals surface area contributed by atoms with E-state index >= 15 is 0 Å². The van der Waals surface area contributed by atoms with Gasteiger partial charge in [-0.15, -0.1) is 0 Å². The average Bonchev–Trinajstić information content (AvgIpc) is 2.11. The third-order valence-electron chi connectivity index (χ3n) is 1.06. The minimum Gasteiger partial charge on any atom is -0.528 e. The molecular formula is C7H10BNO4. The zero-order chi connectivity index (χ0) is 10.3. The van der Waals surface area contributed by atoms with Crippen molar-refractivity contribution in [2.24, 2.45) is 0 Å². The fourth-order valence-electron chi connectivity index (χ4n) is 0.462. The molecule has 0 aromatic rings. The van der Waals surface area contributed by atoms with Gasteiger partial charge in [-0.25, -0.2) is 9.59 Å². The standard InChI is InChI=1S/C7H10BNO4/c1-5(2)6(10)12-4-3-9-7(11)13-8/h1,3-4H2,2H3,(H,9,11). The molecule has 0 bridgehead atoms. The molecule has 2 radical (unpaired) electrons. The van der Waals surface area contributed by atoms with Crippen LogP contribution in [-0.2, 0) is 14.2 Å². The Morgan fingerprint density at radius 3 is 2.62 bits per heavy atom. The van der Waals surface area contributed by atoms with Crippen LogP contribution in [0.3, 0.4) is 0 Å². The number of hydrogen-bond acceptors (Lipinski definition) is 4. The maximum atomic E-state index is 10.8. The van der Waals surface area contributed by atoms with Crippen molar-refractivity contribution < 1.29 is 19.0 Å². The average molecular weight is 183 g/mol. The molecule has 1 N–H and O–H groups in total. The van der Waals surface area contributed by atoms with Crippen LogP contribution < -0.4 is 5.32 Å². The van der Waals surface area contributed by atoms with Gasteiger partial charge in [0.05, 0.1) is 6.54 Å². The molecular weight excluding hydrogens is 173 g/mol. The Morgan fingerprint density at radius 1 is 1.54 bits per heavy atom. The van der Waals surface area contributed by atoms with Crippen molar-refractivity contribution in [3.05, 3.63) is 12.2 Å². The molecule has 0 aliphatic carbocycles. The molecule has 0 aliphatic heterocycles. The van der Waals surface area contributed by atoms with E-state index in [9.17, 15) is 9.59 Å². The molecule has 70 valence electrons. The molecule has 0 unspecified atom stereocenters. The number of nitrogens with one attached hydrogen (secondary N) is 1. The Morgan fingerprint density at radius 2 is 2.15 bits per heavy atom. The van der Waals surface area contributed by atoms with Crippen molar-refractivity contribution in [3.8, 4) is 0 Å². The van der Waals surface area contributed by atoms with Crippen LogP contribution >= 0.6 is 0 Å². The lowest BCUT2D eigenvalue weighted by atomic mass is 10.4. The third-order valence-corrected chi connectivity index (χ3v) is 1.06. The van der Waals surface area contributed by atoms with Gasteiger partial charge in [-0.3, -0.25) is 0 Å². The predicted molar refractivity (Wildman–Crippen MR) is 46.0 cm³/mol. The Kier molecular flexibility index (Phi) is 5.42. The summed E-state index contributed by atoms with van der Waals surface area (Å²) >= 11 is 0. The number of amides is 1. The third kappa shape index (κ3) is 5.78. The molecule has 6 heteroatoms. The minimum atomic E-state index is -0.772. The summed E-state index contributed by atoms with van der Waals surface area (Å²) in [6.07, 6.45) is -0.772. The van der Waals surface area contributed by atoms with E-state index in [1.54, 1.807) is 0 Å². The number of ether oxygens (including phenoxy) is 1. The summed E-state index contributed by atoms with van der Waals surface area (Å²) in [5.74, 6) is -0.497. The van der Waals surface area contributed by atoms with Crippen molar-refractivity contribution in [1.29, 1.82) is 0 Å². The van der Waals surface area contributed by atoms with Gasteiger partial charge in [-0.05, 0) is 6.92 Å². The van der Waals surface area contributed by atoms with Crippen molar-refractivity contribution >= 4 is 20.1 Å². The van der Waals surface area contributed by atoms with E-state index in [0.717, 1.165) is 0 Å². The topological polar surface area (TPSA) is 64.6 Å². The highest BCUT2D eigenvalue weighted by Gasteiger charge is 2.02. The van der Waals surface area contributed by atoms with Crippen LogP contribution in [0.5, 0.6) is 0 Å². The van der Waals surface area contributed by atoms with Gasteiger partial charge in [0.2, 0.25) is 0 Å². The first-order valence-corrected chi connectivity index (χ1v) is 3.55. The highest BCUT2D eigenvalue weighted by molar-refractivity contribution is 6.04. The summed E-state index contributed by atoms with van der Waals surface area (Å²) in [4.78, 5) is 21.1. The summed E-state index contributed by atoms with van der Waals surface area (Å²) in [5.41, 5.74) is 0.307. The van der Waals surface area contributed by atoms with Crippen LogP contribution in [0, 0.1) is 0 Å². The van der Waals surface area contributed by atoms with E-state index in [1.165, 1.54) is 6.92 Å². The number of carbonyl (C=O) groups excluding carboxylic acids is 2. The molecule has 0 saturated carbocycles. The van der Waals surface area contributed by atoms with E-state index in [2.05, 4.69) is 29.3 Å². The molecule has 0 saturated heterocycles. The maximum Gasteiger partial charge on any atom is 0.388 e. The van der Waals surface area contributed by atoms with Gasteiger partial charge in [0, 0.05) is 5.57 Å². The predicted octanol–water partition coefficient (Wildman–Crippen LogP) is -0.0846. The van der Waals surface area contributed by atoms with Gasteiger partial charge < -0.3 is 14.7 Å². The van der Waals surface area contributed by atoms with Gasteiger partial charge in [0.25, 0.3) is 0 Å². The first-order valence-electron chi connectivity index (χ1n) is 3.55.